The van der Waals surface area contributed by atoms with Crippen molar-refractivity contribution in [2.45, 2.75) is 45.1 Å². The number of carbonyl (C=O) groups is 1. The Morgan fingerprint density at radius 1 is 1.38 bits per heavy atom. The van der Waals surface area contributed by atoms with Crippen molar-refractivity contribution in [1.82, 2.24) is 4.90 Å². The molecule has 1 rings (SSSR count). The smallest absolute Gasteiger partial charge is 0.333 e. The van der Waals surface area contributed by atoms with Gasteiger partial charge in [-0.15, -0.1) is 0 Å². The van der Waals surface area contributed by atoms with Crippen LogP contribution < -0.4 is 0 Å². The first kappa shape index (κ1) is 13.2. The Labute approximate surface area is 98.5 Å². The van der Waals surface area contributed by atoms with E-state index in [1.54, 1.807) is 6.92 Å². The Balaban J connectivity index is 2.16. The van der Waals surface area contributed by atoms with Gasteiger partial charge in [-0.05, 0) is 26.8 Å². The fourth-order valence-electron chi connectivity index (χ4n) is 2.11. The Bertz CT molecular complexity index is 244. The number of hydrogen-bond donors (Lipinski definition) is 0. The molecule has 16 heavy (non-hydrogen) atoms. The van der Waals surface area contributed by atoms with E-state index in [4.69, 9.17) is 4.74 Å². The first-order valence-electron chi connectivity index (χ1n) is 6.14. The minimum absolute atomic E-state index is 0.281. The van der Waals surface area contributed by atoms with E-state index >= 15 is 0 Å². The van der Waals surface area contributed by atoms with Gasteiger partial charge in [0.2, 0.25) is 0 Å². The maximum atomic E-state index is 11.2. The van der Waals surface area contributed by atoms with Crippen molar-refractivity contribution in [2.75, 3.05) is 20.2 Å². The third-order valence-corrected chi connectivity index (χ3v) is 3.22. The maximum absolute atomic E-state index is 11.2. The van der Waals surface area contributed by atoms with Gasteiger partial charge in [-0.25, -0.2) is 4.79 Å². The van der Waals surface area contributed by atoms with Crippen LogP contribution in [0.1, 0.15) is 39.0 Å². The zero-order valence-electron chi connectivity index (χ0n) is 10.5. The molecular weight excluding hydrogens is 202 g/mol. The maximum Gasteiger partial charge on any atom is 0.333 e. The molecule has 3 heteroatoms. The summed E-state index contributed by atoms with van der Waals surface area (Å²) in [5.41, 5.74) is 0.473. The highest BCUT2D eigenvalue weighted by Gasteiger charge is 2.17. The molecule has 0 aromatic heterocycles. The topological polar surface area (TPSA) is 29.5 Å². The molecule has 0 aliphatic heterocycles. The van der Waals surface area contributed by atoms with E-state index in [1.165, 1.54) is 32.1 Å². The molecule has 1 aliphatic carbocycles. The summed E-state index contributed by atoms with van der Waals surface area (Å²) in [5.74, 6) is -0.281. The first-order chi connectivity index (χ1) is 7.61. The van der Waals surface area contributed by atoms with Crippen LogP contribution in [0.5, 0.6) is 0 Å². The summed E-state index contributed by atoms with van der Waals surface area (Å²) in [6.07, 6.45) is 6.60. The lowest BCUT2D eigenvalue weighted by Gasteiger charge is -2.30. The summed E-state index contributed by atoms with van der Waals surface area (Å²) in [7, 11) is 2.12. The van der Waals surface area contributed by atoms with Crippen LogP contribution >= 0.6 is 0 Å². The Kier molecular flexibility index (Phi) is 5.53. The quantitative estimate of drug-likeness (QED) is 0.531. The van der Waals surface area contributed by atoms with E-state index in [9.17, 15) is 4.79 Å². The van der Waals surface area contributed by atoms with Crippen molar-refractivity contribution < 1.29 is 9.53 Å². The van der Waals surface area contributed by atoms with E-state index in [1.807, 2.05) is 0 Å². The van der Waals surface area contributed by atoms with E-state index in [0.717, 1.165) is 6.54 Å². The molecule has 1 fully saturated rings. The molecule has 3 nitrogen and oxygen atoms in total. The largest absolute Gasteiger partial charge is 0.461 e. The average Bonchev–Trinajstić information content (AvgIpc) is 2.29. The molecule has 0 heterocycles. The van der Waals surface area contributed by atoms with Crippen LogP contribution in [0, 0.1) is 0 Å². The number of esters is 1. The van der Waals surface area contributed by atoms with E-state index in [-0.39, 0.29) is 5.97 Å². The van der Waals surface area contributed by atoms with Crippen molar-refractivity contribution in [1.29, 1.82) is 0 Å². The van der Waals surface area contributed by atoms with Gasteiger partial charge in [-0.2, -0.15) is 0 Å². The number of carbonyl (C=O) groups excluding carboxylic acids is 1. The van der Waals surface area contributed by atoms with Gasteiger partial charge in [0, 0.05) is 18.2 Å². The summed E-state index contributed by atoms with van der Waals surface area (Å²) in [5, 5.41) is 0. The molecular formula is C13H23NO2. The van der Waals surface area contributed by atoms with Crippen molar-refractivity contribution in [3.8, 4) is 0 Å². The SMILES string of the molecule is C=C(C)C(=O)OCCN(C)C1CCCCC1. The van der Waals surface area contributed by atoms with E-state index in [2.05, 4.69) is 18.5 Å². The predicted octanol–water partition coefficient (Wildman–Crippen LogP) is 2.37. The van der Waals surface area contributed by atoms with Gasteiger partial charge in [0.05, 0.1) is 0 Å². The van der Waals surface area contributed by atoms with E-state index < -0.39 is 0 Å². The Hall–Kier alpha value is -0.830. The molecule has 0 aromatic rings. The number of hydrogen-bond acceptors (Lipinski definition) is 3. The standard InChI is InChI=1S/C13H23NO2/c1-11(2)13(15)16-10-9-14(3)12-7-5-4-6-8-12/h12H,1,4-10H2,2-3H3. The minimum Gasteiger partial charge on any atom is -0.461 e. The van der Waals surface area contributed by atoms with Crippen molar-refractivity contribution >= 4 is 5.97 Å². The fraction of sp³-hybridized carbons (Fsp3) is 0.769. The highest BCUT2D eigenvalue weighted by atomic mass is 16.5. The fourth-order valence-corrected chi connectivity index (χ4v) is 2.11. The summed E-state index contributed by atoms with van der Waals surface area (Å²) < 4.78 is 5.08. The molecule has 0 spiro atoms. The van der Waals surface area contributed by atoms with Gasteiger partial charge in [0.15, 0.2) is 0 Å². The number of likely N-dealkylation sites (N-methyl/N-ethyl adjacent to an activating group) is 1. The summed E-state index contributed by atoms with van der Waals surface area (Å²) >= 11 is 0. The molecule has 0 bridgehead atoms. The van der Waals surface area contributed by atoms with Crippen LogP contribution in [0.4, 0.5) is 0 Å². The van der Waals surface area contributed by atoms with Crippen LogP contribution in [-0.4, -0.2) is 37.1 Å². The van der Waals surface area contributed by atoms with Gasteiger partial charge in [-0.3, -0.25) is 0 Å². The van der Waals surface area contributed by atoms with Gasteiger partial charge >= 0.3 is 5.97 Å². The van der Waals surface area contributed by atoms with Crippen LogP contribution in [0.15, 0.2) is 12.2 Å². The second kappa shape index (κ2) is 6.69. The van der Waals surface area contributed by atoms with Crippen LogP contribution in [0.3, 0.4) is 0 Å². The summed E-state index contributed by atoms with van der Waals surface area (Å²) in [6.45, 7) is 6.52. The summed E-state index contributed by atoms with van der Waals surface area (Å²) in [4.78, 5) is 13.5. The highest BCUT2D eigenvalue weighted by molar-refractivity contribution is 5.86. The number of rotatable bonds is 5. The first-order valence-corrected chi connectivity index (χ1v) is 6.14. The average molecular weight is 225 g/mol. The molecule has 0 unspecified atom stereocenters. The second-order valence-electron chi connectivity index (χ2n) is 4.69. The number of nitrogens with zero attached hydrogens (tertiary/aromatic N) is 1. The van der Waals surface area contributed by atoms with Crippen molar-refractivity contribution in [3.63, 3.8) is 0 Å². The van der Waals surface area contributed by atoms with Gasteiger partial charge in [0.1, 0.15) is 6.61 Å². The van der Waals surface area contributed by atoms with Crippen LogP contribution in [0.25, 0.3) is 0 Å². The monoisotopic (exact) mass is 225 g/mol. The molecule has 0 atom stereocenters. The molecule has 0 N–H and O–H groups in total. The number of ether oxygens (including phenoxy) is 1. The van der Waals surface area contributed by atoms with Crippen LogP contribution in [-0.2, 0) is 9.53 Å². The Morgan fingerprint density at radius 2 is 2.00 bits per heavy atom. The lowest BCUT2D eigenvalue weighted by Crippen LogP contribution is -2.36. The Morgan fingerprint density at radius 3 is 2.56 bits per heavy atom. The lowest BCUT2D eigenvalue weighted by atomic mass is 9.94. The molecule has 0 radical (unpaired) electrons. The third-order valence-electron chi connectivity index (χ3n) is 3.22. The zero-order valence-corrected chi connectivity index (χ0v) is 10.5. The predicted molar refractivity (Wildman–Crippen MR) is 65.3 cm³/mol. The van der Waals surface area contributed by atoms with Crippen LogP contribution in [0.2, 0.25) is 0 Å². The highest BCUT2D eigenvalue weighted by Crippen LogP contribution is 2.21. The van der Waals surface area contributed by atoms with E-state index in [0.29, 0.717) is 18.2 Å². The van der Waals surface area contributed by atoms with Gasteiger partial charge < -0.3 is 9.64 Å². The molecule has 0 amide bonds. The zero-order chi connectivity index (χ0) is 12.0. The normalized spacial score (nSPS) is 17.4. The van der Waals surface area contributed by atoms with Crippen molar-refractivity contribution in [3.05, 3.63) is 12.2 Å². The molecule has 92 valence electrons. The third kappa shape index (κ3) is 4.35. The van der Waals surface area contributed by atoms with Crippen molar-refractivity contribution in [2.24, 2.45) is 0 Å². The lowest BCUT2D eigenvalue weighted by molar-refractivity contribution is -0.139. The molecule has 0 aromatic carbocycles. The van der Waals surface area contributed by atoms with Gasteiger partial charge in [0.25, 0.3) is 0 Å². The minimum atomic E-state index is -0.281. The molecule has 1 aliphatic rings. The molecule has 1 saturated carbocycles. The van der Waals surface area contributed by atoms with Gasteiger partial charge in [-0.1, -0.05) is 25.8 Å². The molecule has 0 saturated heterocycles. The second-order valence-corrected chi connectivity index (χ2v) is 4.69. The summed E-state index contributed by atoms with van der Waals surface area (Å²) in [6, 6.07) is 0.678.